The zero-order chi connectivity index (χ0) is 13.2. The normalized spacial score (nSPS) is 18.4. The van der Waals surface area contributed by atoms with Gasteiger partial charge in [-0.25, -0.2) is 4.39 Å². The molecule has 0 amide bonds. The largest absolute Gasteiger partial charge is 0.409 e. The predicted octanol–water partition coefficient (Wildman–Crippen LogP) is 1.99. The van der Waals surface area contributed by atoms with E-state index in [9.17, 15) is 4.39 Å². The van der Waals surface area contributed by atoms with Crippen LogP contribution in [0.25, 0.3) is 0 Å². The molecule has 18 heavy (non-hydrogen) atoms. The van der Waals surface area contributed by atoms with Gasteiger partial charge >= 0.3 is 0 Å². The van der Waals surface area contributed by atoms with Crippen LogP contribution in [-0.4, -0.2) is 24.8 Å². The first-order chi connectivity index (χ1) is 8.63. The minimum atomic E-state index is -0.323. The molecule has 0 spiro atoms. The fourth-order valence-electron chi connectivity index (χ4n) is 2.53. The van der Waals surface area contributed by atoms with E-state index in [0.717, 1.165) is 19.3 Å². The molecule has 0 unspecified atom stereocenters. The first kappa shape index (κ1) is 12.8. The maximum absolute atomic E-state index is 14.1. The molecule has 3 N–H and O–H groups in total. The SMILES string of the molecule is COCC1(c2ccc(/C(N)=N/O)cc2F)CCC1. The maximum Gasteiger partial charge on any atom is 0.170 e. The second kappa shape index (κ2) is 4.94. The highest BCUT2D eigenvalue weighted by Gasteiger charge is 2.40. The van der Waals surface area contributed by atoms with E-state index in [-0.39, 0.29) is 17.1 Å². The van der Waals surface area contributed by atoms with Gasteiger partial charge in [0.2, 0.25) is 0 Å². The Morgan fingerprint density at radius 2 is 2.28 bits per heavy atom. The lowest BCUT2D eigenvalue weighted by Crippen LogP contribution is -2.39. The Labute approximate surface area is 105 Å². The van der Waals surface area contributed by atoms with Gasteiger partial charge < -0.3 is 15.7 Å². The third kappa shape index (κ3) is 2.06. The molecule has 1 aromatic carbocycles. The van der Waals surface area contributed by atoms with Gasteiger partial charge in [-0.15, -0.1) is 0 Å². The van der Waals surface area contributed by atoms with E-state index in [4.69, 9.17) is 15.7 Å². The minimum absolute atomic E-state index is 0.0881. The van der Waals surface area contributed by atoms with Crippen LogP contribution in [0.15, 0.2) is 23.4 Å². The number of nitrogens with two attached hydrogens (primary N) is 1. The highest BCUT2D eigenvalue weighted by molar-refractivity contribution is 5.97. The van der Waals surface area contributed by atoms with Gasteiger partial charge in [0.1, 0.15) is 5.82 Å². The van der Waals surface area contributed by atoms with Crippen LogP contribution in [0.3, 0.4) is 0 Å². The number of nitrogens with zero attached hydrogens (tertiary/aromatic N) is 1. The molecule has 0 heterocycles. The molecule has 98 valence electrons. The molecule has 5 heteroatoms. The van der Waals surface area contributed by atoms with Gasteiger partial charge in [0.25, 0.3) is 0 Å². The van der Waals surface area contributed by atoms with Crippen LogP contribution < -0.4 is 5.73 Å². The van der Waals surface area contributed by atoms with E-state index in [1.165, 1.54) is 6.07 Å². The number of hydrogen-bond donors (Lipinski definition) is 2. The molecule has 0 aromatic heterocycles. The summed E-state index contributed by atoms with van der Waals surface area (Å²) in [5.41, 5.74) is 6.27. The smallest absolute Gasteiger partial charge is 0.170 e. The van der Waals surface area contributed by atoms with Crippen molar-refractivity contribution in [2.45, 2.75) is 24.7 Å². The quantitative estimate of drug-likeness (QED) is 0.372. The van der Waals surface area contributed by atoms with Gasteiger partial charge in [0.15, 0.2) is 5.84 Å². The zero-order valence-corrected chi connectivity index (χ0v) is 10.3. The topological polar surface area (TPSA) is 67.8 Å². The van der Waals surface area contributed by atoms with Crippen LogP contribution in [0.2, 0.25) is 0 Å². The average Bonchev–Trinajstić information content (AvgIpc) is 2.33. The van der Waals surface area contributed by atoms with Crippen molar-refractivity contribution in [3.63, 3.8) is 0 Å². The molecule has 1 aromatic rings. The van der Waals surface area contributed by atoms with Gasteiger partial charge in [-0.05, 0) is 24.5 Å². The highest BCUT2D eigenvalue weighted by Crippen LogP contribution is 2.44. The Bertz CT molecular complexity index is 470. The summed E-state index contributed by atoms with van der Waals surface area (Å²) in [6, 6.07) is 4.68. The van der Waals surface area contributed by atoms with Crippen molar-refractivity contribution >= 4 is 5.84 Å². The lowest BCUT2D eigenvalue weighted by atomic mass is 9.65. The minimum Gasteiger partial charge on any atom is -0.409 e. The summed E-state index contributed by atoms with van der Waals surface area (Å²) in [7, 11) is 1.63. The molecular formula is C13H17FN2O2. The molecule has 0 bridgehead atoms. The summed E-state index contributed by atoms with van der Waals surface area (Å²) < 4.78 is 19.3. The van der Waals surface area contributed by atoms with E-state index < -0.39 is 0 Å². The molecule has 1 saturated carbocycles. The molecule has 1 fully saturated rings. The van der Waals surface area contributed by atoms with Gasteiger partial charge in [-0.2, -0.15) is 0 Å². The summed E-state index contributed by atoms with van der Waals surface area (Å²) >= 11 is 0. The molecule has 0 radical (unpaired) electrons. The second-order valence-electron chi connectivity index (χ2n) is 4.75. The van der Waals surface area contributed by atoms with Crippen molar-refractivity contribution in [2.75, 3.05) is 13.7 Å². The molecule has 1 aliphatic rings. The number of oxime groups is 1. The standard InChI is InChI=1S/C13H17FN2O2/c1-18-8-13(5-2-6-13)10-4-3-9(7-11(10)14)12(15)16-17/h3-4,7,17H,2,5-6,8H2,1H3,(H2,15,16). The molecule has 0 aliphatic heterocycles. The summed E-state index contributed by atoms with van der Waals surface area (Å²) in [6.45, 7) is 0.521. The summed E-state index contributed by atoms with van der Waals surface area (Å²) in [5, 5.41) is 11.4. The van der Waals surface area contributed by atoms with Gasteiger partial charge in [-0.1, -0.05) is 23.7 Å². The van der Waals surface area contributed by atoms with Crippen LogP contribution >= 0.6 is 0 Å². The van der Waals surface area contributed by atoms with Crippen molar-refractivity contribution in [1.82, 2.24) is 0 Å². The Balaban J connectivity index is 2.35. The Kier molecular flexibility index (Phi) is 3.52. The van der Waals surface area contributed by atoms with Crippen molar-refractivity contribution in [3.8, 4) is 0 Å². The maximum atomic E-state index is 14.1. The number of amidine groups is 1. The Morgan fingerprint density at radius 3 is 2.72 bits per heavy atom. The van der Waals surface area contributed by atoms with Crippen LogP contribution in [-0.2, 0) is 10.2 Å². The number of methoxy groups -OCH3 is 1. The lowest BCUT2D eigenvalue weighted by molar-refractivity contribution is 0.0767. The van der Waals surface area contributed by atoms with Crippen molar-refractivity contribution in [2.24, 2.45) is 10.9 Å². The van der Waals surface area contributed by atoms with Crippen molar-refractivity contribution in [3.05, 3.63) is 35.1 Å². The van der Waals surface area contributed by atoms with E-state index in [1.807, 2.05) is 0 Å². The molecule has 4 nitrogen and oxygen atoms in total. The van der Waals surface area contributed by atoms with Crippen LogP contribution in [0, 0.1) is 5.82 Å². The summed E-state index contributed by atoms with van der Waals surface area (Å²) in [6.07, 6.45) is 2.95. The third-order valence-corrected chi connectivity index (χ3v) is 3.68. The van der Waals surface area contributed by atoms with Crippen molar-refractivity contribution in [1.29, 1.82) is 0 Å². The van der Waals surface area contributed by atoms with Crippen molar-refractivity contribution < 1.29 is 14.3 Å². The molecule has 0 saturated heterocycles. The molecule has 2 rings (SSSR count). The average molecular weight is 252 g/mol. The lowest BCUT2D eigenvalue weighted by Gasteiger charge is -2.42. The third-order valence-electron chi connectivity index (χ3n) is 3.68. The summed E-state index contributed by atoms with van der Waals surface area (Å²) in [4.78, 5) is 0. The molecule has 1 aliphatic carbocycles. The van der Waals surface area contributed by atoms with E-state index in [2.05, 4.69) is 5.16 Å². The fraction of sp³-hybridized carbons (Fsp3) is 0.462. The van der Waals surface area contributed by atoms with E-state index in [0.29, 0.717) is 17.7 Å². The first-order valence-electron chi connectivity index (χ1n) is 5.90. The number of ether oxygens (including phenoxy) is 1. The zero-order valence-electron chi connectivity index (χ0n) is 10.3. The van der Waals surface area contributed by atoms with Gasteiger partial charge in [0, 0.05) is 18.1 Å². The van der Waals surface area contributed by atoms with Gasteiger partial charge in [-0.3, -0.25) is 0 Å². The fourth-order valence-corrected chi connectivity index (χ4v) is 2.53. The Hall–Kier alpha value is -1.62. The summed E-state index contributed by atoms with van der Waals surface area (Å²) in [5.74, 6) is -0.411. The number of hydrogen-bond acceptors (Lipinski definition) is 3. The highest BCUT2D eigenvalue weighted by atomic mass is 19.1. The van der Waals surface area contributed by atoms with Crippen LogP contribution in [0.5, 0.6) is 0 Å². The predicted molar refractivity (Wildman–Crippen MR) is 66.3 cm³/mol. The number of benzene rings is 1. The number of halogens is 1. The first-order valence-corrected chi connectivity index (χ1v) is 5.90. The Morgan fingerprint density at radius 1 is 1.56 bits per heavy atom. The monoisotopic (exact) mass is 252 g/mol. The second-order valence-corrected chi connectivity index (χ2v) is 4.75. The van der Waals surface area contributed by atoms with Crippen LogP contribution in [0.1, 0.15) is 30.4 Å². The molecular weight excluding hydrogens is 235 g/mol. The van der Waals surface area contributed by atoms with Crippen LogP contribution in [0.4, 0.5) is 4.39 Å². The van der Waals surface area contributed by atoms with E-state index in [1.54, 1.807) is 19.2 Å². The van der Waals surface area contributed by atoms with Gasteiger partial charge in [0.05, 0.1) is 6.61 Å². The molecule has 0 atom stereocenters. The van der Waals surface area contributed by atoms with E-state index >= 15 is 0 Å². The number of rotatable bonds is 4.